The molecule has 1 aliphatic rings. The Kier molecular flexibility index (Phi) is 14.3. The smallest absolute Gasteiger partial charge is 0.309 e. The zero-order valence-electron chi connectivity index (χ0n) is 26.8. The number of unbranched alkanes of at least 4 members (excludes halogenated alkanes) is 3. The van der Waals surface area contributed by atoms with Crippen LogP contribution in [0.25, 0.3) is 6.08 Å². The predicted octanol–water partition coefficient (Wildman–Crippen LogP) is 7.56. The maximum atomic E-state index is 13.8. The monoisotopic (exact) mass is 601 g/mol. The molecule has 0 bridgehead atoms. The van der Waals surface area contributed by atoms with Crippen molar-refractivity contribution in [1.82, 2.24) is 4.98 Å². The molecule has 0 radical (unpaired) electrons. The van der Waals surface area contributed by atoms with Crippen LogP contribution >= 0.6 is 11.3 Å². The van der Waals surface area contributed by atoms with Crippen molar-refractivity contribution >= 4 is 35.1 Å². The number of esters is 2. The molecule has 234 valence electrons. The van der Waals surface area contributed by atoms with Gasteiger partial charge >= 0.3 is 11.9 Å². The number of aromatic nitrogens is 1. The lowest BCUT2D eigenvalue weighted by Gasteiger charge is -2.35. The molecule has 0 unspecified atom stereocenters. The number of nitrogens with zero attached hydrogens (tertiary/aromatic N) is 1. The number of Topliss-reactive ketones (excluding diaryl/α,β-unsaturated/α-hetero) is 1. The predicted molar refractivity (Wildman–Crippen MR) is 169 cm³/mol. The quantitative estimate of drug-likeness (QED) is 0.186. The van der Waals surface area contributed by atoms with Gasteiger partial charge in [0.05, 0.1) is 34.6 Å². The van der Waals surface area contributed by atoms with Gasteiger partial charge in [-0.3, -0.25) is 14.4 Å². The van der Waals surface area contributed by atoms with E-state index in [4.69, 9.17) is 9.47 Å². The largest absolute Gasteiger partial charge is 0.461 e. The average molecular weight is 602 g/mol. The van der Waals surface area contributed by atoms with Gasteiger partial charge in [0.25, 0.3) is 0 Å². The standard InChI is InChI=1S/C34H51NO6S/c1-9-10-11-12-16-30(37)41-32-23(3)15-13-14-22(2)17-18-28(24(4)19-27-21-42-26(6)35-27)40-31(38)20-29(36)34(7,8)33(39)25(32)5/h13,15,17,19,21,23,25,28-29,32,36H,9-12,14,16,18,20H2,1-8H3/b15-13-,22-17-,24-19+/t23-,25+,28-,29-,32-/m0/s1. The zero-order valence-corrected chi connectivity index (χ0v) is 27.6. The summed E-state index contributed by atoms with van der Waals surface area (Å²) in [6.45, 7) is 14.9. The Hall–Kier alpha value is -2.58. The van der Waals surface area contributed by atoms with E-state index in [1.54, 1.807) is 32.1 Å². The van der Waals surface area contributed by atoms with E-state index in [9.17, 15) is 19.5 Å². The number of thiazole rings is 1. The highest BCUT2D eigenvalue weighted by atomic mass is 32.1. The molecule has 1 N–H and O–H groups in total. The third-order valence-corrected chi connectivity index (χ3v) is 8.90. The number of aliphatic hydroxyl groups is 1. The molecule has 8 heteroatoms. The Balaban J connectivity index is 2.36. The number of cyclic esters (lactones) is 1. The molecule has 2 rings (SSSR count). The second-order valence-corrected chi connectivity index (χ2v) is 13.4. The van der Waals surface area contributed by atoms with Crippen LogP contribution in [0.3, 0.4) is 0 Å². The van der Waals surface area contributed by atoms with Gasteiger partial charge in [-0.2, -0.15) is 0 Å². The summed E-state index contributed by atoms with van der Waals surface area (Å²) in [6, 6.07) is 0. The van der Waals surface area contributed by atoms with Crippen molar-refractivity contribution in [2.75, 3.05) is 0 Å². The van der Waals surface area contributed by atoms with E-state index in [1.807, 2.05) is 51.3 Å². The molecule has 1 aromatic heterocycles. The number of aryl methyl sites for hydroxylation is 1. The number of rotatable bonds is 8. The van der Waals surface area contributed by atoms with E-state index in [2.05, 4.69) is 18.0 Å². The minimum Gasteiger partial charge on any atom is -0.461 e. The van der Waals surface area contributed by atoms with Crippen LogP contribution < -0.4 is 0 Å². The van der Waals surface area contributed by atoms with Crippen molar-refractivity contribution in [3.8, 4) is 0 Å². The van der Waals surface area contributed by atoms with Gasteiger partial charge in [-0.05, 0) is 45.3 Å². The Morgan fingerprint density at radius 3 is 2.57 bits per heavy atom. The second-order valence-electron chi connectivity index (χ2n) is 12.3. The van der Waals surface area contributed by atoms with Crippen LogP contribution in [0.1, 0.15) is 111 Å². The lowest BCUT2D eigenvalue weighted by atomic mass is 9.73. The maximum absolute atomic E-state index is 13.8. The number of aliphatic hydroxyl groups excluding tert-OH is 1. The highest BCUT2D eigenvalue weighted by Gasteiger charge is 2.43. The number of hydrogen-bond donors (Lipinski definition) is 1. The molecule has 0 fully saturated rings. The van der Waals surface area contributed by atoms with Crippen LogP contribution in [-0.4, -0.2) is 46.1 Å². The lowest BCUT2D eigenvalue weighted by Crippen LogP contribution is -2.46. The molecule has 7 nitrogen and oxygen atoms in total. The number of hydrogen-bond acceptors (Lipinski definition) is 8. The first-order chi connectivity index (χ1) is 19.8. The van der Waals surface area contributed by atoms with Crippen LogP contribution in [0.4, 0.5) is 0 Å². The van der Waals surface area contributed by atoms with Crippen molar-refractivity contribution < 1.29 is 29.0 Å². The van der Waals surface area contributed by atoms with Gasteiger partial charge in [0, 0.05) is 24.1 Å². The van der Waals surface area contributed by atoms with Gasteiger partial charge in [-0.25, -0.2) is 4.98 Å². The van der Waals surface area contributed by atoms with E-state index < -0.39 is 35.6 Å². The second kappa shape index (κ2) is 16.9. The minimum atomic E-state index is -1.27. The van der Waals surface area contributed by atoms with Crippen molar-refractivity contribution in [3.05, 3.63) is 45.5 Å². The molecule has 0 amide bonds. The summed E-state index contributed by atoms with van der Waals surface area (Å²) in [5.41, 5.74) is 1.49. The molecular formula is C34H51NO6S. The fourth-order valence-electron chi connectivity index (χ4n) is 5.16. The number of ether oxygens (including phenoxy) is 2. The van der Waals surface area contributed by atoms with Gasteiger partial charge in [0.2, 0.25) is 0 Å². The summed E-state index contributed by atoms with van der Waals surface area (Å²) in [6.07, 6.45) is 10.5. The van der Waals surface area contributed by atoms with Crippen LogP contribution in [0.15, 0.2) is 34.8 Å². The molecular weight excluding hydrogens is 550 g/mol. The minimum absolute atomic E-state index is 0.221. The molecule has 1 aliphatic heterocycles. The van der Waals surface area contributed by atoms with Crippen LogP contribution in [0, 0.1) is 24.2 Å². The van der Waals surface area contributed by atoms with Gasteiger partial charge in [-0.15, -0.1) is 11.3 Å². The molecule has 1 aromatic rings. The normalized spacial score (nSPS) is 28.5. The third kappa shape index (κ3) is 10.9. The molecule has 2 heterocycles. The molecule has 0 saturated heterocycles. The fourth-order valence-corrected chi connectivity index (χ4v) is 5.73. The summed E-state index contributed by atoms with van der Waals surface area (Å²) >= 11 is 1.55. The maximum Gasteiger partial charge on any atom is 0.309 e. The fraction of sp³-hybridized carbons (Fsp3) is 0.647. The highest BCUT2D eigenvalue weighted by Crippen LogP contribution is 2.33. The zero-order chi connectivity index (χ0) is 31.4. The third-order valence-electron chi connectivity index (χ3n) is 8.11. The summed E-state index contributed by atoms with van der Waals surface area (Å²) in [5, 5.41) is 14.0. The molecule has 0 aliphatic carbocycles. The van der Waals surface area contributed by atoms with Crippen LogP contribution in [0.5, 0.6) is 0 Å². The summed E-state index contributed by atoms with van der Waals surface area (Å²) in [7, 11) is 0. The van der Waals surface area contributed by atoms with Crippen molar-refractivity contribution in [2.24, 2.45) is 17.3 Å². The first kappa shape index (κ1) is 35.6. The highest BCUT2D eigenvalue weighted by molar-refractivity contribution is 7.09. The van der Waals surface area contributed by atoms with Gasteiger partial charge in [0.1, 0.15) is 18.0 Å². The Morgan fingerprint density at radius 2 is 1.93 bits per heavy atom. The van der Waals surface area contributed by atoms with Crippen molar-refractivity contribution in [1.29, 1.82) is 0 Å². The molecule has 42 heavy (non-hydrogen) atoms. The van der Waals surface area contributed by atoms with E-state index in [-0.39, 0.29) is 24.1 Å². The Labute approximate surface area is 256 Å². The molecule has 5 atom stereocenters. The van der Waals surface area contributed by atoms with Gasteiger partial charge in [0.15, 0.2) is 0 Å². The van der Waals surface area contributed by atoms with Crippen molar-refractivity contribution in [3.63, 3.8) is 0 Å². The SMILES string of the molecule is CCCCCCC(=O)O[C@H]1[C@@H](C)/C=C\C/C(C)=C\C[C@@H](/C(C)=C/c2csc(C)n2)OC(=O)C[C@H](O)C(C)(C)C(=O)[C@@H]1C. The van der Waals surface area contributed by atoms with Crippen LogP contribution in [-0.2, 0) is 23.9 Å². The topological polar surface area (TPSA) is 103 Å². The first-order valence-corrected chi connectivity index (χ1v) is 16.2. The first-order valence-electron chi connectivity index (χ1n) is 15.3. The Morgan fingerprint density at radius 1 is 1.21 bits per heavy atom. The van der Waals surface area contributed by atoms with E-state index in [0.29, 0.717) is 19.3 Å². The van der Waals surface area contributed by atoms with E-state index in [0.717, 1.165) is 47.5 Å². The molecule has 0 saturated carbocycles. The van der Waals surface area contributed by atoms with Gasteiger partial charge in [-0.1, -0.05) is 77.7 Å². The van der Waals surface area contributed by atoms with Crippen molar-refractivity contribution in [2.45, 2.75) is 125 Å². The van der Waals surface area contributed by atoms with E-state index >= 15 is 0 Å². The number of carbonyl (C=O) groups excluding carboxylic acids is 3. The van der Waals surface area contributed by atoms with E-state index in [1.165, 1.54) is 0 Å². The molecule has 0 spiro atoms. The van der Waals surface area contributed by atoms with Gasteiger partial charge < -0.3 is 14.6 Å². The Bertz CT molecular complexity index is 1150. The summed E-state index contributed by atoms with van der Waals surface area (Å²) < 4.78 is 11.8. The molecule has 0 aromatic carbocycles. The number of ketones is 1. The van der Waals surface area contributed by atoms with Crippen LogP contribution in [0.2, 0.25) is 0 Å². The summed E-state index contributed by atoms with van der Waals surface area (Å²) in [4.78, 5) is 44.1. The number of carbonyl (C=O) groups is 3. The average Bonchev–Trinajstić information content (AvgIpc) is 3.34. The number of allylic oxidation sites excluding steroid dienone is 2. The summed E-state index contributed by atoms with van der Waals surface area (Å²) in [5.74, 6) is -2.06. The lowest BCUT2D eigenvalue weighted by molar-refractivity contribution is -0.159.